The van der Waals surface area contributed by atoms with Crippen LogP contribution in [0.3, 0.4) is 0 Å². The van der Waals surface area contributed by atoms with Crippen LogP contribution >= 0.6 is 11.6 Å². The predicted molar refractivity (Wildman–Crippen MR) is 125 cm³/mol. The standard InChI is InChI=1S/C24H36ClN3O3/c1-3-4-5-6-7-8-9-12-28-13-10-11-19(28)16-26-24(30)20-14-18(25)15-21-23(20)31-17-22(29)27(21)2/h14-15,19H,3-13,16-17H2,1-2H3,(H,26,30)/t19-/m0/s1. The van der Waals surface area contributed by atoms with E-state index >= 15 is 0 Å². The molecule has 2 heterocycles. The number of ether oxygens (including phenoxy) is 1. The quantitative estimate of drug-likeness (QED) is 0.500. The number of carbonyl (C=O) groups is 2. The molecule has 0 spiro atoms. The minimum Gasteiger partial charge on any atom is -0.481 e. The van der Waals surface area contributed by atoms with Crippen molar-refractivity contribution in [2.45, 2.75) is 70.8 Å². The number of hydrogen-bond acceptors (Lipinski definition) is 4. The fraction of sp³-hybridized carbons (Fsp3) is 0.667. The number of rotatable bonds is 11. The Bertz CT molecular complexity index is 771. The highest BCUT2D eigenvalue weighted by atomic mass is 35.5. The number of halogens is 1. The third-order valence-electron chi connectivity index (χ3n) is 6.40. The van der Waals surface area contributed by atoms with Gasteiger partial charge in [0, 0.05) is 24.7 Å². The molecule has 2 amide bonds. The Morgan fingerprint density at radius 2 is 1.94 bits per heavy atom. The summed E-state index contributed by atoms with van der Waals surface area (Å²) < 4.78 is 5.59. The van der Waals surface area contributed by atoms with Crippen molar-refractivity contribution in [3.8, 4) is 5.75 Å². The Hall–Kier alpha value is -1.79. The molecule has 0 bridgehead atoms. The number of likely N-dealkylation sites (N-methyl/N-ethyl adjacent to an activating group) is 1. The van der Waals surface area contributed by atoms with Crippen LogP contribution in [0.15, 0.2) is 12.1 Å². The Kier molecular flexibility index (Phi) is 9.02. The lowest BCUT2D eigenvalue weighted by Crippen LogP contribution is -2.41. The molecular formula is C24H36ClN3O3. The van der Waals surface area contributed by atoms with Gasteiger partial charge >= 0.3 is 0 Å². The van der Waals surface area contributed by atoms with E-state index in [9.17, 15) is 9.59 Å². The fourth-order valence-electron chi connectivity index (χ4n) is 4.51. The summed E-state index contributed by atoms with van der Waals surface area (Å²) in [6.07, 6.45) is 11.5. The van der Waals surface area contributed by atoms with Gasteiger partial charge in [-0.25, -0.2) is 0 Å². The Morgan fingerprint density at radius 1 is 1.19 bits per heavy atom. The number of hydrogen-bond donors (Lipinski definition) is 1. The molecule has 31 heavy (non-hydrogen) atoms. The van der Waals surface area contributed by atoms with E-state index in [-0.39, 0.29) is 18.4 Å². The van der Waals surface area contributed by atoms with E-state index in [4.69, 9.17) is 16.3 Å². The number of nitrogens with one attached hydrogen (secondary N) is 1. The van der Waals surface area contributed by atoms with E-state index in [1.165, 1.54) is 56.3 Å². The van der Waals surface area contributed by atoms with Crippen molar-refractivity contribution in [3.63, 3.8) is 0 Å². The minimum absolute atomic E-state index is 0.0692. The maximum atomic E-state index is 12.9. The summed E-state index contributed by atoms with van der Waals surface area (Å²) in [6.45, 7) is 5.02. The van der Waals surface area contributed by atoms with Gasteiger partial charge in [-0.1, -0.05) is 57.0 Å². The van der Waals surface area contributed by atoms with Crippen molar-refractivity contribution in [2.24, 2.45) is 0 Å². The lowest BCUT2D eigenvalue weighted by Gasteiger charge is -2.28. The second-order valence-corrected chi connectivity index (χ2v) is 9.14. The molecular weight excluding hydrogens is 414 g/mol. The summed E-state index contributed by atoms with van der Waals surface area (Å²) in [5, 5.41) is 3.49. The van der Waals surface area contributed by atoms with Gasteiger partial charge in [0.1, 0.15) is 0 Å². The highest BCUT2D eigenvalue weighted by Gasteiger charge is 2.29. The highest BCUT2D eigenvalue weighted by molar-refractivity contribution is 6.31. The topological polar surface area (TPSA) is 61.9 Å². The summed E-state index contributed by atoms with van der Waals surface area (Å²) in [6, 6.07) is 3.65. The van der Waals surface area contributed by atoms with Crippen molar-refractivity contribution >= 4 is 29.1 Å². The minimum atomic E-state index is -0.204. The first-order valence-corrected chi connectivity index (χ1v) is 12.1. The van der Waals surface area contributed by atoms with Crippen LogP contribution in [0, 0.1) is 0 Å². The predicted octanol–water partition coefficient (Wildman–Crippen LogP) is 4.64. The number of anilines is 1. The SMILES string of the molecule is CCCCCCCCCN1CCC[C@H]1CNC(=O)c1cc(Cl)cc2c1OCC(=O)N2C. The molecule has 0 aliphatic carbocycles. The molecule has 0 aromatic heterocycles. The third-order valence-corrected chi connectivity index (χ3v) is 6.62. The first-order chi connectivity index (χ1) is 15.0. The van der Waals surface area contributed by atoms with Crippen molar-refractivity contribution in [2.75, 3.05) is 38.2 Å². The smallest absolute Gasteiger partial charge is 0.264 e. The summed E-state index contributed by atoms with van der Waals surface area (Å²) >= 11 is 6.22. The second kappa shape index (κ2) is 11.7. The van der Waals surface area contributed by atoms with Gasteiger partial charge in [-0.2, -0.15) is 0 Å². The maximum Gasteiger partial charge on any atom is 0.264 e. The van der Waals surface area contributed by atoms with Crippen molar-refractivity contribution in [1.29, 1.82) is 0 Å². The van der Waals surface area contributed by atoms with E-state index in [1.54, 1.807) is 19.2 Å². The van der Waals surface area contributed by atoms with Crippen molar-refractivity contribution in [3.05, 3.63) is 22.7 Å². The Balaban J connectivity index is 1.50. The number of nitrogens with zero attached hydrogens (tertiary/aromatic N) is 2. The Morgan fingerprint density at radius 3 is 2.71 bits per heavy atom. The van der Waals surface area contributed by atoms with Gasteiger partial charge in [0.05, 0.1) is 11.3 Å². The molecule has 1 aromatic carbocycles. The molecule has 2 aliphatic rings. The van der Waals surface area contributed by atoms with E-state index in [0.717, 1.165) is 19.5 Å². The number of amides is 2. The molecule has 0 radical (unpaired) electrons. The highest BCUT2D eigenvalue weighted by Crippen LogP contribution is 2.37. The largest absolute Gasteiger partial charge is 0.481 e. The van der Waals surface area contributed by atoms with Gasteiger partial charge < -0.3 is 15.0 Å². The number of unbranched alkanes of at least 4 members (excludes halogenated alkanes) is 6. The summed E-state index contributed by atoms with van der Waals surface area (Å²) in [5.74, 6) is 0.0627. The maximum absolute atomic E-state index is 12.9. The summed E-state index contributed by atoms with van der Waals surface area (Å²) in [5.41, 5.74) is 0.925. The average molecular weight is 450 g/mol. The van der Waals surface area contributed by atoms with Crippen LogP contribution in [0.5, 0.6) is 5.75 Å². The number of carbonyl (C=O) groups excluding carboxylic acids is 2. The first-order valence-electron chi connectivity index (χ1n) is 11.8. The van der Waals surface area contributed by atoms with Gasteiger partial charge in [-0.15, -0.1) is 0 Å². The summed E-state index contributed by atoms with van der Waals surface area (Å²) in [7, 11) is 1.67. The van der Waals surface area contributed by atoms with Crippen LogP contribution in [0.25, 0.3) is 0 Å². The zero-order chi connectivity index (χ0) is 22.2. The van der Waals surface area contributed by atoms with Crippen molar-refractivity contribution < 1.29 is 14.3 Å². The van der Waals surface area contributed by atoms with Crippen LogP contribution < -0.4 is 15.0 Å². The molecule has 172 valence electrons. The average Bonchev–Trinajstić information content (AvgIpc) is 3.21. The van der Waals surface area contributed by atoms with Gasteiger partial charge in [-0.05, 0) is 44.5 Å². The zero-order valence-corrected chi connectivity index (χ0v) is 19.7. The molecule has 1 fully saturated rings. The summed E-state index contributed by atoms with van der Waals surface area (Å²) in [4.78, 5) is 28.8. The van der Waals surface area contributed by atoms with E-state index in [1.807, 2.05) is 0 Å². The van der Waals surface area contributed by atoms with Gasteiger partial charge in [0.2, 0.25) is 0 Å². The number of benzene rings is 1. The molecule has 0 unspecified atom stereocenters. The van der Waals surface area contributed by atoms with E-state index in [2.05, 4.69) is 17.1 Å². The second-order valence-electron chi connectivity index (χ2n) is 8.71. The van der Waals surface area contributed by atoms with Crippen LogP contribution in [0.4, 0.5) is 5.69 Å². The van der Waals surface area contributed by atoms with Crippen LogP contribution in [0.1, 0.15) is 75.1 Å². The van der Waals surface area contributed by atoms with Crippen LogP contribution in [-0.2, 0) is 4.79 Å². The normalized spacial score (nSPS) is 18.7. The van der Waals surface area contributed by atoms with E-state index < -0.39 is 0 Å². The van der Waals surface area contributed by atoms with Crippen molar-refractivity contribution in [1.82, 2.24) is 10.2 Å². The van der Waals surface area contributed by atoms with Crippen LogP contribution in [0.2, 0.25) is 5.02 Å². The third kappa shape index (κ3) is 6.36. The molecule has 0 saturated carbocycles. The molecule has 6 nitrogen and oxygen atoms in total. The molecule has 1 N–H and O–H groups in total. The molecule has 1 saturated heterocycles. The molecule has 1 atom stereocenters. The van der Waals surface area contributed by atoms with Gasteiger partial charge in [0.25, 0.3) is 11.8 Å². The van der Waals surface area contributed by atoms with E-state index in [0.29, 0.717) is 34.6 Å². The monoisotopic (exact) mass is 449 g/mol. The molecule has 2 aliphatic heterocycles. The fourth-order valence-corrected chi connectivity index (χ4v) is 4.72. The Labute approximate surface area is 191 Å². The number of fused-ring (bicyclic) bond motifs is 1. The number of likely N-dealkylation sites (tertiary alicyclic amines) is 1. The van der Waals surface area contributed by atoms with Crippen LogP contribution in [-0.4, -0.2) is 56.0 Å². The molecule has 7 heteroatoms. The lowest BCUT2D eigenvalue weighted by molar-refractivity contribution is -0.121. The lowest BCUT2D eigenvalue weighted by atomic mass is 10.1. The van der Waals surface area contributed by atoms with Gasteiger partial charge in [0.15, 0.2) is 12.4 Å². The molecule has 3 rings (SSSR count). The van der Waals surface area contributed by atoms with Gasteiger partial charge in [-0.3, -0.25) is 14.5 Å². The first kappa shape index (κ1) is 23.9. The molecule has 1 aromatic rings. The zero-order valence-electron chi connectivity index (χ0n) is 18.9.